The zero-order valence-corrected chi connectivity index (χ0v) is 14.6. The summed E-state index contributed by atoms with van der Waals surface area (Å²) in [6, 6.07) is 2.36. The van der Waals surface area contributed by atoms with Crippen LogP contribution in [0.2, 0.25) is 10.0 Å². The van der Waals surface area contributed by atoms with Crippen LogP contribution in [-0.2, 0) is 9.84 Å². The Morgan fingerprint density at radius 2 is 1.59 bits per heavy atom. The standard InChI is InChI=1S/C7H2BrCl5O2S2/c8-6-4(9)1-3(2-5(6)10)17(14,15)7(11,12)16-13/h1-2H. The average Bonchev–Trinajstić information content (AvgIpc) is 2.24. The Hall–Kier alpha value is 1.45. The third-order valence-corrected chi connectivity index (χ3v) is 9.27. The molecule has 0 fully saturated rings. The minimum atomic E-state index is -4.08. The molecule has 0 aliphatic heterocycles. The maximum absolute atomic E-state index is 12.0. The Kier molecular flexibility index (Phi) is 5.66. The van der Waals surface area contributed by atoms with E-state index in [0.29, 0.717) is 4.47 Å². The molecule has 0 amide bonds. The summed E-state index contributed by atoms with van der Waals surface area (Å²) in [6.45, 7) is 0. The summed E-state index contributed by atoms with van der Waals surface area (Å²) >= 11 is 25.9. The molecule has 0 aliphatic carbocycles. The Labute approximate surface area is 135 Å². The van der Waals surface area contributed by atoms with Gasteiger partial charge in [-0.25, -0.2) is 8.42 Å². The van der Waals surface area contributed by atoms with E-state index in [1.165, 1.54) is 12.1 Å². The zero-order valence-electron chi connectivity index (χ0n) is 7.56. The topological polar surface area (TPSA) is 34.1 Å². The van der Waals surface area contributed by atoms with Gasteiger partial charge in [-0.15, -0.1) is 0 Å². The van der Waals surface area contributed by atoms with Gasteiger partial charge in [-0.05, 0) is 38.7 Å². The van der Waals surface area contributed by atoms with Crippen LogP contribution in [0, 0.1) is 0 Å². The molecular weight excluding hydrogens is 437 g/mol. The molecule has 0 spiro atoms. The number of hydrogen-bond donors (Lipinski definition) is 0. The number of halogens is 6. The quantitative estimate of drug-likeness (QED) is 0.460. The Balaban J connectivity index is 3.46. The van der Waals surface area contributed by atoms with Crippen molar-refractivity contribution in [3.63, 3.8) is 0 Å². The summed E-state index contributed by atoms with van der Waals surface area (Å²) in [5.41, 5.74) is 0. The third kappa shape index (κ3) is 3.31. The molecule has 0 saturated carbocycles. The molecule has 17 heavy (non-hydrogen) atoms. The molecule has 0 atom stereocenters. The number of rotatable bonds is 3. The van der Waals surface area contributed by atoms with E-state index in [4.69, 9.17) is 57.1 Å². The van der Waals surface area contributed by atoms with Crippen LogP contribution in [0.5, 0.6) is 0 Å². The normalized spacial score (nSPS) is 12.8. The fraction of sp³-hybridized carbons (Fsp3) is 0.143. The van der Waals surface area contributed by atoms with Gasteiger partial charge in [-0.2, -0.15) is 0 Å². The summed E-state index contributed by atoms with van der Waals surface area (Å²) < 4.78 is 22.2. The van der Waals surface area contributed by atoms with Gasteiger partial charge < -0.3 is 0 Å². The average molecular weight is 439 g/mol. The van der Waals surface area contributed by atoms with Crippen LogP contribution in [0.25, 0.3) is 0 Å². The molecule has 0 aromatic heterocycles. The molecule has 1 aromatic carbocycles. The minimum absolute atomic E-state index is 0.125. The first-order valence-corrected chi connectivity index (χ1v) is 9.13. The van der Waals surface area contributed by atoms with Crippen molar-refractivity contribution >= 4 is 93.8 Å². The first kappa shape index (κ1) is 16.5. The highest BCUT2D eigenvalue weighted by Gasteiger charge is 2.42. The molecule has 0 heterocycles. The Morgan fingerprint density at radius 1 is 1.18 bits per heavy atom. The summed E-state index contributed by atoms with van der Waals surface area (Å²) in [5, 5.41) is 0.250. The second-order valence-electron chi connectivity index (χ2n) is 2.74. The maximum atomic E-state index is 12.0. The van der Waals surface area contributed by atoms with Crippen LogP contribution in [0.15, 0.2) is 21.5 Å². The van der Waals surface area contributed by atoms with Crippen LogP contribution < -0.4 is 0 Å². The van der Waals surface area contributed by atoms with Gasteiger partial charge in [0.05, 0.1) is 19.4 Å². The van der Waals surface area contributed by atoms with Crippen molar-refractivity contribution in [3.8, 4) is 0 Å². The molecule has 0 unspecified atom stereocenters. The number of alkyl halides is 2. The predicted octanol–water partition coefficient (Wildman–Crippen LogP) is 5.51. The molecular formula is C7H2BrCl5O2S2. The lowest BCUT2D eigenvalue weighted by atomic mass is 10.4. The van der Waals surface area contributed by atoms with E-state index in [9.17, 15) is 8.42 Å². The Morgan fingerprint density at radius 3 is 1.94 bits per heavy atom. The summed E-state index contributed by atoms with van der Waals surface area (Å²) in [6.07, 6.45) is 0. The molecule has 1 rings (SSSR count). The van der Waals surface area contributed by atoms with Crippen molar-refractivity contribution < 1.29 is 8.42 Å². The minimum Gasteiger partial charge on any atom is -0.220 e. The van der Waals surface area contributed by atoms with Crippen LogP contribution in [0.4, 0.5) is 0 Å². The second-order valence-corrected chi connectivity index (χ2v) is 10.2. The van der Waals surface area contributed by atoms with Gasteiger partial charge >= 0.3 is 0 Å². The highest BCUT2D eigenvalue weighted by atomic mass is 79.9. The van der Waals surface area contributed by atoms with Crippen LogP contribution >= 0.6 is 84.0 Å². The van der Waals surface area contributed by atoms with E-state index in [0.717, 1.165) is 0 Å². The molecule has 0 bridgehead atoms. The fourth-order valence-electron chi connectivity index (χ4n) is 0.866. The highest BCUT2D eigenvalue weighted by molar-refractivity contribution is 9.10. The van der Waals surface area contributed by atoms with Gasteiger partial charge in [0.25, 0.3) is 3.00 Å². The van der Waals surface area contributed by atoms with E-state index >= 15 is 0 Å². The predicted molar refractivity (Wildman–Crippen MR) is 79.2 cm³/mol. The number of sulfone groups is 1. The van der Waals surface area contributed by atoms with Crippen molar-refractivity contribution in [1.29, 1.82) is 0 Å². The molecule has 0 aliphatic rings. The summed E-state index contributed by atoms with van der Waals surface area (Å²) in [7, 11) is 1.52. The van der Waals surface area contributed by atoms with Crippen LogP contribution in [-0.4, -0.2) is 11.4 Å². The monoisotopic (exact) mass is 436 g/mol. The first-order valence-electron chi connectivity index (χ1n) is 3.70. The molecule has 0 saturated heterocycles. The number of hydrogen-bond acceptors (Lipinski definition) is 3. The molecule has 0 radical (unpaired) electrons. The summed E-state index contributed by atoms with van der Waals surface area (Å²) in [4.78, 5) is -0.214. The molecule has 10 heteroatoms. The van der Waals surface area contributed by atoms with Gasteiger partial charge in [0.15, 0.2) is 0 Å². The third-order valence-electron chi connectivity index (χ3n) is 1.67. The largest absolute Gasteiger partial charge is 0.282 e. The van der Waals surface area contributed by atoms with Gasteiger partial charge in [0, 0.05) is 11.0 Å². The van der Waals surface area contributed by atoms with Crippen molar-refractivity contribution in [2.75, 3.05) is 0 Å². The van der Waals surface area contributed by atoms with E-state index in [1.807, 2.05) is 0 Å². The van der Waals surface area contributed by atoms with Crippen LogP contribution in [0.3, 0.4) is 0 Å². The van der Waals surface area contributed by atoms with Gasteiger partial charge in [-0.3, -0.25) is 0 Å². The fourth-order valence-corrected chi connectivity index (χ4v) is 4.43. The lowest BCUT2D eigenvalue weighted by Crippen LogP contribution is -2.21. The van der Waals surface area contributed by atoms with E-state index < -0.39 is 12.8 Å². The lowest BCUT2D eigenvalue weighted by molar-refractivity contribution is 0.597. The van der Waals surface area contributed by atoms with Crippen molar-refractivity contribution in [1.82, 2.24) is 0 Å². The molecule has 2 nitrogen and oxygen atoms in total. The second kappa shape index (κ2) is 5.83. The number of benzene rings is 1. The van der Waals surface area contributed by atoms with Crippen LogP contribution in [0.1, 0.15) is 0 Å². The van der Waals surface area contributed by atoms with E-state index in [1.54, 1.807) is 0 Å². The SMILES string of the molecule is O=S(=O)(c1cc(Cl)c(Br)c(Cl)c1)C(Cl)(Cl)SCl. The summed E-state index contributed by atoms with van der Waals surface area (Å²) in [5.74, 6) is 0. The van der Waals surface area contributed by atoms with Gasteiger partial charge in [0.1, 0.15) is 0 Å². The smallest absolute Gasteiger partial charge is 0.220 e. The first-order chi connectivity index (χ1) is 7.63. The van der Waals surface area contributed by atoms with E-state index in [2.05, 4.69) is 15.9 Å². The van der Waals surface area contributed by atoms with Crippen molar-refractivity contribution in [2.45, 2.75) is 7.89 Å². The molecule has 96 valence electrons. The molecule has 0 N–H and O–H groups in total. The molecule has 1 aromatic rings. The Bertz CT molecular complexity index is 522. The van der Waals surface area contributed by atoms with E-state index in [-0.39, 0.29) is 25.9 Å². The van der Waals surface area contributed by atoms with Crippen molar-refractivity contribution in [3.05, 3.63) is 26.7 Å². The maximum Gasteiger partial charge on any atom is 0.282 e. The lowest BCUT2D eigenvalue weighted by Gasteiger charge is -2.16. The highest BCUT2D eigenvalue weighted by Crippen LogP contribution is 2.47. The zero-order chi connectivity index (χ0) is 13.4. The van der Waals surface area contributed by atoms with Gasteiger partial charge in [-0.1, -0.05) is 46.4 Å². The van der Waals surface area contributed by atoms with Crippen molar-refractivity contribution in [2.24, 2.45) is 0 Å². The van der Waals surface area contributed by atoms with Gasteiger partial charge in [0.2, 0.25) is 9.84 Å².